The molecule has 9 heteroatoms. The number of imide groups is 3. The summed E-state index contributed by atoms with van der Waals surface area (Å²) < 4.78 is 10.1. The van der Waals surface area contributed by atoms with Crippen LogP contribution in [0.2, 0.25) is 0 Å². The molecule has 2 heterocycles. The van der Waals surface area contributed by atoms with Gasteiger partial charge < -0.3 is 24.5 Å². The second kappa shape index (κ2) is 10.5. The topological polar surface area (TPSA) is 138 Å². The minimum atomic E-state index is -1.03. The summed E-state index contributed by atoms with van der Waals surface area (Å²) in [6.07, 6.45) is 1.80. The van der Waals surface area contributed by atoms with Crippen molar-refractivity contribution >= 4 is 24.0 Å². The highest BCUT2D eigenvalue weighted by molar-refractivity contribution is 6.15. The molecular weight excluding hydrogens is 430 g/mol. The zero-order valence-electron chi connectivity index (χ0n) is 19.1. The smallest absolute Gasteiger partial charge is 0.423 e. The molecule has 1 aliphatic heterocycles. The van der Waals surface area contributed by atoms with Gasteiger partial charge in [0, 0.05) is 5.92 Å². The number of carbonyl (C=O) groups excluding carboxylic acids is 3. The average Bonchev–Trinajstić information content (AvgIpc) is 3.36. The van der Waals surface area contributed by atoms with Crippen molar-refractivity contribution in [3.63, 3.8) is 0 Å². The zero-order chi connectivity index (χ0) is 24.3. The molecule has 1 aromatic heterocycles. The Morgan fingerprint density at radius 1 is 1.30 bits per heavy atom. The summed E-state index contributed by atoms with van der Waals surface area (Å²) in [6.45, 7) is 3.17. The maximum atomic E-state index is 12.9. The van der Waals surface area contributed by atoms with Crippen LogP contribution in [-0.4, -0.2) is 57.9 Å². The lowest BCUT2D eigenvalue weighted by Gasteiger charge is -2.35. The molecule has 1 saturated heterocycles. The van der Waals surface area contributed by atoms with Crippen LogP contribution in [0.5, 0.6) is 0 Å². The van der Waals surface area contributed by atoms with Crippen LogP contribution < -0.4 is 0 Å². The van der Waals surface area contributed by atoms with Gasteiger partial charge in [0.1, 0.15) is 18.1 Å². The minimum absolute atomic E-state index is 0.180. The minimum Gasteiger partial charge on any atom is -0.459 e. The number of ether oxygens (including phenoxy) is 1. The second-order valence-corrected chi connectivity index (χ2v) is 8.52. The molecular formula is C24H31NO8. The first kappa shape index (κ1) is 24.9. The Labute approximate surface area is 192 Å². The van der Waals surface area contributed by atoms with Crippen molar-refractivity contribution < 1.29 is 38.9 Å². The molecule has 3 rings (SSSR count). The summed E-state index contributed by atoms with van der Waals surface area (Å²) in [5, 5.41) is 30.3. The summed E-state index contributed by atoms with van der Waals surface area (Å²) in [4.78, 5) is 38.1. The van der Waals surface area contributed by atoms with Crippen molar-refractivity contribution in [1.82, 2.24) is 4.90 Å². The van der Waals surface area contributed by atoms with Crippen LogP contribution in [0.1, 0.15) is 51.1 Å². The van der Waals surface area contributed by atoms with Crippen molar-refractivity contribution in [2.45, 2.75) is 52.2 Å². The number of nitrogens with zero attached hydrogens (tertiary/aromatic N) is 1. The van der Waals surface area contributed by atoms with E-state index in [0.717, 1.165) is 24.7 Å². The fourth-order valence-corrected chi connectivity index (χ4v) is 4.98. The first-order valence-corrected chi connectivity index (χ1v) is 11.1. The largest absolute Gasteiger partial charge is 0.459 e. The van der Waals surface area contributed by atoms with E-state index in [9.17, 15) is 24.6 Å². The van der Waals surface area contributed by atoms with Gasteiger partial charge in [-0.05, 0) is 56.4 Å². The van der Waals surface area contributed by atoms with Crippen LogP contribution in [0.25, 0.3) is 6.08 Å². The van der Waals surface area contributed by atoms with Gasteiger partial charge in [0.2, 0.25) is 11.8 Å². The van der Waals surface area contributed by atoms with E-state index < -0.39 is 48.4 Å². The van der Waals surface area contributed by atoms with Gasteiger partial charge in [-0.2, -0.15) is 4.90 Å². The summed E-state index contributed by atoms with van der Waals surface area (Å²) in [7, 11) is 1.10. The first-order valence-electron chi connectivity index (χ1n) is 11.1. The second-order valence-electron chi connectivity index (χ2n) is 8.52. The van der Waals surface area contributed by atoms with Crippen LogP contribution >= 0.6 is 0 Å². The molecule has 180 valence electrons. The predicted molar refractivity (Wildman–Crippen MR) is 117 cm³/mol. The summed E-state index contributed by atoms with van der Waals surface area (Å²) in [6, 6.07) is 3.47. The van der Waals surface area contributed by atoms with Gasteiger partial charge in [-0.1, -0.05) is 18.1 Å². The van der Waals surface area contributed by atoms with Gasteiger partial charge in [-0.3, -0.25) is 9.59 Å². The van der Waals surface area contributed by atoms with E-state index in [1.165, 1.54) is 0 Å². The molecule has 2 aliphatic rings. The highest BCUT2D eigenvalue weighted by Gasteiger charge is 2.56. The molecule has 3 N–H and O–H groups in total. The third kappa shape index (κ3) is 4.80. The number of fused-ring (bicyclic) bond motifs is 1. The highest BCUT2D eigenvalue weighted by atomic mass is 16.5. The van der Waals surface area contributed by atoms with E-state index in [1.54, 1.807) is 19.1 Å². The van der Waals surface area contributed by atoms with Crippen molar-refractivity contribution in [1.29, 1.82) is 0 Å². The molecule has 0 unspecified atom stereocenters. The van der Waals surface area contributed by atoms with Crippen LogP contribution in [-0.2, 0) is 20.9 Å². The number of hydrogen-bond acceptors (Lipinski definition) is 8. The summed E-state index contributed by atoms with van der Waals surface area (Å²) in [5.74, 6) is -2.65. The zero-order valence-corrected chi connectivity index (χ0v) is 19.1. The normalized spacial score (nSPS) is 24.4. The molecule has 1 aromatic rings. The van der Waals surface area contributed by atoms with E-state index in [1.807, 2.05) is 13.0 Å². The molecule has 0 aromatic carbocycles. The molecule has 1 aliphatic carbocycles. The fourth-order valence-electron chi connectivity index (χ4n) is 4.98. The maximum absolute atomic E-state index is 12.9. The molecule has 4 atom stereocenters. The summed E-state index contributed by atoms with van der Waals surface area (Å²) in [5.41, 5.74) is 2.34. The first-order chi connectivity index (χ1) is 15.8. The van der Waals surface area contributed by atoms with Crippen molar-refractivity contribution in [3.8, 4) is 0 Å². The molecule has 0 spiro atoms. The van der Waals surface area contributed by atoms with Gasteiger partial charge >= 0.3 is 6.09 Å². The fraction of sp³-hybridized carbons (Fsp3) is 0.542. The van der Waals surface area contributed by atoms with Crippen molar-refractivity contribution in [2.75, 3.05) is 13.7 Å². The van der Waals surface area contributed by atoms with E-state index in [0.29, 0.717) is 34.8 Å². The number of hydrogen-bond donors (Lipinski definition) is 3. The van der Waals surface area contributed by atoms with Gasteiger partial charge in [0.25, 0.3) is 0 Å². The van der Waals surface area contributed by atoms with Crippen molar-refractivity contribution in [3.05, 3.63) is 40.4 Å². The lowest BCUT2D eigenvalue weighted by Crippen LogP contribution is -2.39. The molecule has 0 saturated carbocycles. The molecule has 33 heavy (non-hydrogen) atoms. The average molecular weight is 462 g/mol. The number of aliphatic hydroxyl groups excluding tert-OH is 3. The van der Waals surface area contributed by atoms with Crippen LogP contribution in [0, 0.1) is 17.8 Å². The molecule has 0 bridgehead atoms. The van der Waals surface area contributed by atoms with Crippen LogP contribution in [0.15, 0.2) is 33.3 Å². The predicted octanol–water partition coefficient (Wildman–Crippen LogP) is 2.40. The lowest BCUT2D eigenvalue weighted by atomic mass is 9.68. The SMILES string of the molecule is CC/C(=C\c1ccc(CO)o1)CC[C@@H](O)C1=C(C)C[C@H]2C(=O)N(C(=O)OC)C(=O)[C@H]2[C@H]1CO. The van der Waals surface area contributed by atoms with Gasteiger partial charge in [0.05, 0.1) is 31.7 Å². The number of allylic oxidation sites excluding steroid dienone is 2. The molecule has 0 radical (unpaired) electrons. The Morgan fingerprint density at radius 3 is 2.61 bits per heavy atom. The number of aliphatic hydroxyl groups is 3. The van der Waals surface area contributed by atoms with E-state index >= 15 is 0 Å². The monoisotopic (exact) mass is 461 g/mol. The third-order valence-corrected chi connectivity index (χ3v) is 6.62. The summed E-state index contributed by atoms with van der Waals surface area (Å²) >= 11 is 0. The number of carbonyl (C=O) groups is 3. The Bertz CT molecular complexity index is 975. The van der Waals surface area contributed by atoms with Crippen molar-refractivity contribution in [2.24, 2.45) is 17.8 Å². The van der Waals surface area contributed by atoms with Gasteiger partial charge in [-0.15, -0.1) is 0 Å². The van der Waals surface area contributed by atoms with E-state index in [-0.39, 0.29) is 13.0 Å². The molecule has 9 nitrogen and oxygen atoms in total. The number of amides is 3. The maximum Gasteiger partial charge on any atom is 0.423 e. The Kier molecular flexibility index (Phi) is 7.88. The Morgan fingerprint density at radius 2 is 2.03 bits per heavy atom. The van der Waals surface area contributed by atoms with Gasteiger partial charge in [0.15, 0.2) is 0 Å². The lowest BCUT2D eigenvalue weighted by molar-refractivity contribution is -0.137. The third-order valence-electron chi connectivity index (χ3n) is 6.62. The van der Waals surface area contributed by atoms with E-state index in [2.05, 4.69) is 4.74 Å². The number of likely N-dealkylation sites (tertiary alicyclic amines) is 1. The quantitative estimate of drug-likeness (QED) is 0.396. The molecule has 3 amide bonds. The van der Waals surface area contributed by atoms with Crippen LogP contribution in [0.4, 0.5) is 4.79 Å². The number of methoxy groups -OCH3 is 1. The Hall–Kier alpha value is -2.75. The highest BCUT2D eigenvalue weighted by Crippen LogP contribution is 2.46. The standard InChI is InChI=1S/C24H31NO8/c1-4-14(10-15-6-7-16(11-26)33-15)5-8-19(28)20-13(2)9-17-21(18(20)12-27)23(30)25(22(17)29)24(31)32-3/h6-7,10,17-19,21,26-28H,4-5,8-9,11-12H2,1-3H3/b14-10+/t17-,18+,19-,21-/m1/s1. The number of furan rings is 1. The number of rotatable bonds is 8. The van der Waals surface area contributed by atoms with Gasteiger partial charge in [-0.25, -0.2) is 4.79 Å². The Balaban J connectivity index is 1.78. The van der Waals surface area contributed by atoms with E-state index in [4.69, 9.17) is 9.52 Å². The van der Waals surface area contributed by atoms with Crippen LogP contribution in [0.3, 0.4) is 0 Å². The molecule has 1 fully saturated rings.